The van der Waals surface area contributed by atoms with Crippen molar-refractivity contribution < 1.29 is 23.8 Å². The van der Waals surface area contributed by atoms with Crippen LogP contribution in [0.4, 0.5) is 0 Å². The molecule has 118 valence electrons. The van der Waals surface area contributed by atoms with Gasteiger partial charge in [-0.05, 0) is 41.0 Å². The summed E-state index contributed by atoms with van der Waals surface area (Å²) in [5.74, 6) is -0.467. The largest absolute Gasteiger partial charge is 0.463 e. The van der Waals surface area contributed by atoms with Crippen molar-refractivity contribution in [2.75, 3.05) is 13.2 Å². The summed E-state index contributed by atoms with van der Waals surface area (Å²) >= 11 is 0. The number of hydrogen-bond donors (Lipinski definition) is 0. The number of carbonyl (C=O) groups excluding carboxylic acids is 2. The molecular weight excluding hydrogens is 260 g/mol. The normalized spacial score (nSPS) is 14.5. The lowest BCUT2D eigenvalue weighted by Crippen LogP contribution is -2.31. The quantitative estimate of drug-likeness (QED) is 0.643. The van der Waals surface area contributed by atoms with Crippen LogP contribution in [0.3, 0.4) is 0 Å². The van der Waals surface area contributed by atoms with E-state index in [4.69, 9.17) is 14.2 Å². The lowest BCUT2D eigenvalue weighted by molar-refractivity contribution is -0.162. The molecule has 0 aromatic carbocycles. The molecule has 0 aromatic heterocycles. The van der Waals surface area contributed by atoms with E-state index in [9.17, 15) is 9.59 Å². The number of carbonyl (C=O) groups is 2. The second kappa shape index (κ2) is 8.95. The Labute approximate surface area is 122 Å². The third-order valence-electron chi connectivity index (χ3n) is 2.47. The maximum Gasteiger partial charge on any atom is 0.311 e. The first-order valence-electron chi connectivity index (χ1n) is 7.15. The van der Waals surface area contributed by atoms with Gasteiger partial charge in [-0.3, -0.25) is 9.59 Å². The molecule has 0 N–H and O–H groups in total. The van der Waals surface area contributed by atoms with Crippen LogP contribution in [0.15, 0.2) is 0 Å². The summed E-state index contributed by atoms with van der Waals surface area (Å²) in [5, 5.41) is 0. The zero-order valence-corrected chi connectivity index (χ0v) is 13.5. The van der Waals surface area contributed by atoms with Crippen LogP contribution < -0.4 is 0 Å². The highest BCUT2D eigenvalue weighted by molar-refractivity contribution is 5.75. The van der Waals surface area contributed by atoms with Gasteiger partial charge in [0.2, 0.25) is 0 Å². The Kier molecular flexibility index (Phi) is 8.46. The van der Waals surface area contributed by atoms with E-state index in [1.54, 1.807) is 27.7 Å². The van der Waals surface area contributed by atoms with E-state index >= 15 is 0 Å². The Morgan fingerprint density at radius 2 is 1.65 bits per heavy atom. The van der Waals surface area contributed by atoms with Crippen LogP contribution in [0, 0.1) is 5.41 Å². The van der Waals surface area contributed by atoms with Crippen molar-refractivity contribution in [1.82, 2.24) is 0 Å². The maximum atomic E-state index is 11.7. The van der Waals surface area contributed by atoms with Crippen molar-refractivity contribution in [3.63, 3.8) is 0 Å². The molecular formula is C15H28O5. The van der Waals surface area contributed by atoms with Crippen molar-refractivity contribution in [3.05, 3.63) is 0 Å². The van der Waals surface area contributed by atoms with Crippen LogP contribution in [-0.4, -0.2) is 37.4 Å². The number of esters is 2. The fourth-order valence-corrected chi connectivity index (χ4v) is 1.23. The molecule has 0 aromatic rings. The second-order valence-corrected chi connectivity index (χ2v) is 6.04. The third-order valence-corrected chi connectivity index (χ3v) is 2.47. The standard InChI is InChI=1S/C15H28O5/c1-7-8-13(16)19-9-11(2)18-10-12(3)20-14(17)15(4,5)6/h11-12H,7-10H2,1-6H3. The van der Waals surface area contributed by atoms with Gasteiger partial charge in [-0.2, -0.15) is 0 Å². The molecule has 0 heterocycles. The van der Waals surface area contributed by atoms with Gasteiger partial charge in [0.05, 0.1) is 18.1 Å². The monoisotopic (exact) mass is 288 g/mol. The van der Waals surface area contributed by atoms with Crippen LogP contribution in [0.25, 0.3) is 0 Å². The van der Waals surface area contributed by atoms with Crippen molar-refractivity contribution in [2.45, 2.75) is 66.6 Å². The fourth-order valence-electron chi connectivity index (χ4n) is 1.23. The zero-order chi connectivity index (χ0) is 15.8. The van der Waals surface area contributed by atoms with Gasteiger partial charge in [0.25, 0.3) is 0 Å². The molecule has 0 saturated heterocycles. The molecule has 5 nitrogen and oxygen atoms in total. The van der Waals surface area contributed by atoms with Gasteiger partial charge in [0, 0.05) is 6.42 Å². The molecule has 2 unspecified atom stereocenters. The van der Waals surface area contributed by atoms with Crippen LogP contribution in [-0.2, 0) is 23.8 Å². The first-order chi connectivity index (χ1) is 9.16. The fraction of sp³-hybridized carbons (Fsp3) is 0.867. The van der Waals surface area contributed by atoms with E-state index in [0.717, 1.165) is 6.42 Å². The van der Waals surface area contributed by atoms with Gasteiger partial charge in [0.15, 0.2) is 0 Å². The lowest BCUT2D eigenvalue weighted by atomic mass is 9.97. The summed E-state index contributed by atoms with van der Waals surface area (Å²) < 4.78 is 15.8. The maximum absolute atomic E-state index is 11.7. The first kappa shape index (κ1) is 18.9. The van der Waals surface area contributed by atoms with Crippen LogP contribution in [0.2, 0.25) is 0 Å². The topological polar surface area (TPSA) is 61.8 Å². The van der Waals surface area contributed by atoms with Crippen molar-refractivity contribution in [2.24, 2.45) is 5.41 Å². The number of hydrogen-bond acceptors (Lipinski definition) is 5. The van der Waals surface area contributed by atoms with Crippen molar-refractivity contribution in [1.29, 1.82) is 0 Å². The SMILES string of the molecule is CCCC(=O)OCC(C)OCC(C)OC(=O)C(C)(C)C. The van der Waals surface area contributed by atoms with Gasteiger partial charge in [-0.15, -0.1) is 0 Å². The molecule has 5 heteroatoms. The highest BCUT2D eigenvalue weighted by atomic mass is 16.6. The summed E-state index contributed by atoms with van der Waals surface area (Å²) in [6, 6.07) is 0. The minimum atomic E-state index is -0.518. The Bertz CT molecular complexity index is 306. The number of ether oxygens (including phenoxy) is 3. The average molecular weight is 288 g/mol. The molecule has 20 heavy (non-hydrogen) atoms. The molecule has 0 aliphatic carbocycles. The smallest absolute Gasteiger partial charge is 0.311 e. The predicted molar refractivity (Wildman–Crippen MR) is 76.3 cm³/mol. The van der Waals surface area contributed by atoms with Crippen molar-refractivity contribution >= 4 is 11.9 Å². The third kappa shape index (κ3) is 8.91. The molecule has 0 radical (unpaired) electrons. The molecule has 0 aliphatic heterocycles. The Morgan fingerprint density at radius 1 is 1.05 bits per heavy atom. The predicted octanol–water partition coefficient (Wildman–Crippen LogP) is 2.71. The van der Waals surface area contributed by atoms with Crippen LogP contribution in [0.5, 0.6) is 0 Å². The summed E-state index contributed by atoms with van der Waals surface area (Å²) in [5.41, 5.74) is -0.518. The summed E-state index contributed by atoms with van der Waals surface area (Å²) in [6.07, 6.45) is 0.655. The van der Waals surface area contributed by atoms with E-state index in [-0.39, 0.29) is 37.4 Å². The Hall–Kier alpha value is -1.10. The van der Waals surface area contributed by atoms with E-state index in [1.165, 1.54) is 0 Å². The summed E-state index contributed by atoms with van der Waals surface area (Å²) in [7, 11) is 0. The lowest BCUT2D eigenvalue weighted by Gasteiger charge is -2.22. The number of rotatable bonds is 8. The molecule has 0 fully saturated rings. The van der Waals surface area contributed by atoms with E-state index in [1.807, 2.05) is 13.8 Å². The van der Waals surface area contributed by atoms with Gasteiger partial charge in [0.1, 0.15) is 12.7 Å². The first-order valence-corrected chi connectivity index (χ1v) is 7.15. The Balaban J connectivity index is 3.86. The van der Waals surface area contributed by atoms with Crippen LogP contribution in [0.1, 0.15) is 54.4 Å². The van der Waals surface area contributed by atoms with Gasteiger partial charge >= 0.3 is 11.9 Å². The van der Waals surface area contributed by atoms with Crippen LogP contribution >= 0.6 is 0 Å². The van der Waals surface area contributed by atoms with E-state index < -0.39 is 5.41 Å². The van der Waals surface area contributed by atoms with Gasteiger partial charge in [-0.1, -0.05) is 6.92 Å². The van der Waals surface area contributed by atoms with Gasteiger partial charge in [-0.25, -0.2) is 0 Å². The average Bonchev–Trinajstić information content (AvgIpc) is 2.33. The highest BCUT2D eigenvalue weighted by Gasteiger charge is 2.25. The summed E-state index contributed by atoms with van der Waals surface area (Å²) in [4.78, 5) is 22.9. The minimum Gasteiger partial charge on any atom is -0.463 e. The minimum absolute atomic E-state index is 0.213. The van der Waals surface area contributed by atoms with Crippen molar-refractivity contribution in [3.8, 4) is 0 Å². The second-order valence-electron chi connectivity index (χ2n) is 6.04. The molecule has 0 bridgehead atoms. The highest BCUT2D eigenvalue weighted by Crippen LogP contribution is 2.16. The Morgan fingerprint density at radius 3 is 2.15 bits per heavy atom. The van der Waals surface area contributed by atoms with E-state index in [2.05, 4.69) is 0 Å². The molecule has 2 atom stereocenters. The molecule has 0 amide bonds. The molecule has 0 saturated carbocycles. The molecule has 0 aliphatic rings. The van der Waals surface area contributed by atoms with Gasteiger partial charge < -0.3 is 14.2 Å². The van der Waals surface area contributed by atoms with E-state index in [0.29, 0.717) is 6.42 Å². The zero-order valence-electron chi connectivity index (χ0n) is 13.5. The summed E-state index contributed by atoms with van der Waals surface area (Å²) in [6.45, 7) is 11.4. The molecule has 0 rings (SSSR count). The molecule has 0 spiro atoms.